The molecule has 4 heterocycles. The van der Waals surface area contributed by atoms with E-state index in [1.165, 1.54) is 45.1 Å². The number of rotatable bonds is 10. The summed E-state index contributed by atoms with van der Waals surface area (Å²) in [5.74, 6) is 0.139. The summed E-state index contributed by atoms with van der Waals surface area (Å²) in [6.07, 6.45) is 1.98. The van der Waals surface area contributed by atoms with Gasteiger partial charge in [-0.2, -0.15) is 5.26 Å². The highest BCUT2D eigenvalue weighted by molar-refractivity contribution is 7.14. The first-order valence-corrected chi connectivity index (χ1v) is 22.5. The number of nitrogen functional groups attached to an aromatic ring is 2. The van der Waals surface area contributed by atoms with Gasteiger partial charge >= 0.3 is 6.09 Å². The lowest BCUT2D eigenvalue weighted by Gasteiger charge is -2.19. The predicted octanol–water partition coefficient (Wildman–Crippen LogP) is 10.7. The second kappa shape index (κ2) is 20.9. The fraction of sp³-hybridized carbons (Fsp3) is 0.208. The molecule has 4 aromatic heterocycles. The number of aromatic nitrogens is 3. The normalized spacial score (nSPS) is 10.9. The zero-order valence-corrected chi connectivity index (χ0v) is 38.0. The van der Waals surface area contributed by atoms with Crippen LogP contribution >= 0.6 is 34.0 Å². The molecule has 0 saturated heterocycles. The third kappa shape index (κ3) is 13.2. The molecule has 63 heavy (non-hydrogen) atoms. The van der Waals surface area contributed by atoms with Crippen LogP contribution in [0.15, 0.2) is 112 Å². The minimum atomic E-state index is -0.488. The molecule has 0 radical (unpaired) electrons. The van der Waals surface area contributed by atoms with Crippen molar-refractivity contribution in [3.63, 3.8) is 0 Å². The van der Waals surface area contributed by atoms with Gasteiger partial charge in [0.2, 0.25) is 0 Å². The number of carbonyl (C=O) groups is 2. The fourth-order valence-corrected chi connectivity index (χ4v) is 8.07. The van der Waals surface area contributed by atoms with Crippen molar-refractivity contribution in [3.05, 3.63) is 146 Å². The van der Waals surface area contributed by atoms with Gasteiger partial charge < -0.3 is 31.7 Å². The number of fused-ring (bicyclic) bond motifs is 1. The van der Waals surface area contributed by atoms with Crippen LogP contribution in [0.25, 0.3) is 44.7 Å². The van der Waals surface area contributed by atoms with Gasteiger partial charge in [-0.1, -0.05) is 60.7 Å². The van der Waals surface area contributed by atoms with E-state index in [4.69, 9.17) is 31.6 Å². The molecule has 0 spiro atoms. The van der Waals surface area contributed by atoms with Crippen LogP contribution in [0.3, 0.4) is 0 Å². The average Bonchev–Trinajstić information content (AvgIpc) is 4.10. The molecule has 0 aliphatic heterocycles. The molecule has 1 amide bonds. The molecule has 7 N–H and O–H groups in total. The van der Waals surface area contributed by atoms with Crippen LogP contribution in [0, 0.1) is 25.2 Å². The first-order chi connectivity index (χ1) is 30.2. The summed E-state index contributed by atoms with van der Waals surface area (Å²) in [6.45, 7) is 10.6. The summed E-state index contributed by atoms with van der Waals surface area (Å²) in [4.78, 5) is 37.2. The molecule has 8 rings (SSSR count). The quantitative estimate of drug-likeness (QED) is 0.101. The van der Waals surface area contributed by atoms with Crippen molar-refractivity contribution in [1.82, 2.24) is 20.3 Å². The number of benzene rings is 4. The largest absolute Gasteiger partial charge is 0.464 e. The molecular weight excluding hydrogens is 849 g/mol. The number of hydrogen-bond donors (Lipinski definition) is 4. The van der Waals surface area contributed by atoms with Crippen LogP contribution in [0.1, 0.15) is 59.2 Å². The standard InChI is InChI=1S/C23H22N2O2S.C15H19N3O2S.C10H7N3S/c1-14-7-20-18(12-27-22(20)8-15(14)2)9-19(26)10-23-25-21(13-28-23)17-5-3-16(11-24)4-6-17;1-15(2,3)20-14(19)17-8-10-4-6-11(7-5-10)12-9-21-13(16)18-12;11-5-7-1-3-8(4-2-7)9-6-14-10(12)13-9/h3-8,12-13H,9-11,24H2,1-2H3;4-7,9H,8H2,1-3H3,(H2,16,18)(H,17,19);1-4,6H,(H2,12,13). The van der Waals surface area contributed by atoms with Crippen molar-refractivity contribution >= 4 is 67.1 Å². The molecule has 0 saturated carbocycles. The number of alkyl carbamates (subject to hydrolysis) is 1. The lowest BCUT2D eigenvalue weighted by molar-refractivity contribution is -0.117. The molecule has 0 fully saturated rings. The minimum absolute atomic E-state index is 0.139. The molecule has 8 aromatic rings. The molecule has 0 aliphatic carbocycles. The number of carbonyl (C=O) groups excluding carboxylic acids is 2. The molecule has 12 nitrogen and oxygen atoms in total. The number of thiazole rings is 3. The summed E-state index contributed by atoms with van der Waals surface area (Å²) in [7, 11) is 0. The monoisotopic (exact) mass is 896 g/mol. The van der Waals surface area contributed by atoms with Gasteiger partial charge in [-0.15, -0.1) is 34.0 Å². The second-order valence-electron chi connectivity index (χ2n) is 15.5. The average molecular weight is 897 g/mol. The number of ketones is 1. The fourth-order valence-electron chi connectivity index (χ4n) is 6.09. The van der Waals surface area contributed by atoms with Crippen molar-refractivity contribution in [3.8, 4) is 39.8 Å². The Kier molecular flexibility index (Phi) is 15.2. The van der Waals surface area contributed by atoms with E-state index >= 15 is 0 Å². The maximum Gasteiger partial charge on any atom is 0.407 e. The maximum absolute atomic E-state index is 12.6. The summed E-state index contributed by atoms with van der Waals surface area (Å²) < 4.78 is 10.8. The van der Waals surface area contributed by atoms with Gasteiger partial charge in [0.25, 0.3) is 0 Å². The summed E-state index contributed by atoms with van der Waals surface area (Å²) in [5.41, 5.74) is 28.9. The number of nitrogens with one attached hydrogen (secondary N) is 1. The van der Waals surface area contributed by atoms with Crippen molar-refractivity contribution in [2.75, 3.05) is 11.5 Å². The Morgan fingerprint density at radius 1 is 0.746 bits per heavy atom. The number of ether oxygens (including phenoxy) is 1. The Balaban J connectivity index is 0.000000167. The number of aryl methyl sites for hydroxylation is 2. The zero-order valence-electron chi connectivity index (χ0n) is 35.6. The Hall–Kier alpha value is -6.70. The number of Topliss-reactive ketones (excluding diaryl/α,β-unsaturated/α-hetero) is 1. The third-order valence-electron chi connectivity index (χ3n) is 9.48. The van der Waals surface area contributed by atoms with E-state index in [9.17, 15) is 9.59 Å². The Morgan fingerprint density at radius 3 is 1.79 bits per heavy atom. The van der Waals surface area contributed by atoms with E-state index in [1.54, 1.807) is 18.4 Å². The molecule has 4 aromatic carbocycles. The highest BCUT2D eigenvalue weighted by atomic mass is 32.1. The van der Waals surface area contributed by atoms with Gasteiger partial charge in [-0.05, 0) is 81.1 Å². The zero-order chi connectivity index (χ0) is 45.1. The molecule has 0 unspecified atom stereocenters. The van der Waals surface area contributed by atoms with E-state index in [0.717, 1.165) is 66.4 Å². The van der Waals surface area contributed by atoms with E-state index in [-0.39, 0.29) is 5.78 Å². The van der Waals surface area contributed by atoms with Gasteiger partial charge in [0.1, 0.15) is 22.0 Å². The second-order valence-corrected chi connectivity index (χ2v) is 18.2. The SMILES string of the molecule is CC(C)(C)OC(=O)NCc1ccc(-c2csc(N)n2)cc1.Cc1cc2occ(CC(=O)Cc3nc(-c4ccc(CN)cc4)cs3)c2cc1C.N#Cc1ccc(-c2csc(N)n2)cc1. The van der Waals surface area contributed by atoms with Crippen LogP contribution in [0.5, 0.6) is 0 Å². The smallest absolute Gasteiger partial charge is 0.407 e. The first kappa shape index (κ1) is 45.8. The molecule has 0 aliphatic rings. The van der Waals surface area contributed by atoms with Gasteiger partial charge in [0.05, 0.1) is 41.4 Å². The van der Waals surface area contributed by atoms with Crippen LogP contribution in [-0.4, -0.2) is 32.4 Å². The van der Waals surface area contributed by atoms with Gasteiger partial charge in [0, 0.05) is 63.3 Å². The van der Waals surface area contributed by atoms with Crippen LogP contribution in [-0.2, 0) is 35.5 Å². The van der Waals surface area contributed by atoms with E-state index in [2.05, 4.69) is 46.3 Å². The molecule has 0 bridgehead atoms. The number of hydrogen-bond acceptors (Lipinski definition) is 14. The van der Waals surface area contributed by atoms with Gasteiger partial charge in [-0.3, -0.25) is 4.79 Å². The van der Waals surface area contributed by atoms with Crippen molar-refractivity contribution in [1.29, 1.82) is 5.26 Å². The van der Waals surface area contributed by atoms with Crippen molar-refractivity contribution in [2.24, 2.45) is 5.73 Å². The minimum Gasteiger partial charge on any atom is -0.464 e. The highest BCUT2D eigenvalue weighted by Gasteiger charge is 2.17. The Labute approximate surface area is 378 Å². The van der Waals surface area contributed by atoms with Gasteiger partial charge in [0.15, 0.2) is 10.3 Å². The number of amides is 1. The summed E-state index contributed by atoms with van der Waals surface area (Å²) >= 11 is 4.35. The predicted molar refractivity (Wildman–Crippen MR) is 255 cm³/mol. The molecule has 15 heteroatoms. The van der Waals surface area contributed by atoms with Crippen LogP contribution < -0.4 is 22.5 Å². The lowest BCUT2D eigenvalue weighted by atomic mass is 10.0. The van der Waals surface area contributed by atoms with Gasteiger partial charge in [-0.25, -0.2) is 19.7 Å². The van der Waals surface area contributed by atoms with Crippen molar-refractivity contribution < 1.29 is 18.7 Å². The maximum atomic E-state index is 12.6. The lowest BCUT2D eigenvalue weighted by Crippen LogP contribution is -2.32. The Morgan fingerprint density at radius 2 is 1.27 bits per heavy atom. The topological polar surface area (TPSA) is 209 Å². The number of anilines is 2. The summed E-state index contributed by atoms with van der Waals surface area (Å²) in [5, 5.41) is 20.1. The molecule has 322 valence electrons. The van der Waals surface area contributed by atoms with E-state index in [0.29, 0.717) is 41.8 Å². The summed E-state index contributed by atoms with van der Waals surface area (Å²) in [6, 6.07) is 29.3. The number of furan rings is 1. The molecular formula is C48H48N8O4S3. The van der Waals surface area contributed by atoms with Crippen LogP contribution in [0.2, 0.25) is 0 Å². The number of nitrogens with zero attached hydrogens (tertiary/aromatic N) is 4. The molecule has 0 atom stereocenters. The van der Waals surface area contributed by atoms with Crippen LogP contribution in [0.4, 0.5) is 15.1 Å². The highest BCUT2D eigenvalue weighted by Crippen LogP contribution is 2.28. The van der Waals surface area contributed by atoms with Crippen molar-refractivity contribution in [2.45, 2.75) is 66.2 Å². The Bertz CT molecular complexity index is 2830. The first-order valence-electron chi connectivity index (χ1n) is 19.9. The van der Waals surface area contributed by atoms with E-state index < -0.39 is 11.7 Å². The number of nitrogens with two attached hydrogens (primary N) is 3. The third-order valence-corrected chi connectivity index (χ3v) is 11.7. The number of nitriles is 1. The van der Waals surface area contributed by atoms with E-state index in [1.807, 2.05) is 104 Å².